The molecule has 22 heavy (non-hydrogen) atoms. The van der Waals surface area contributed by atoms with Crippen LogP contribution < -0.4 is 0 Å². The molecule has 2 heterocycles. The molecule has 0 radical (unpaired) electrons. The number of carboxylic acids is 1. The van der Waals surface area contributed by atoms with Crippen molar-refractivity contribution in [2.45, 2.75) is 0 Å². The maximum Gasteiger partial charge on any atom is 0.335 e. The Balaban J connectivity index is 2.01. The van der Waals surface area contributed by atoms with Crippen LogP contribution in [0.15, 0.2) is 53.3 Å². The number of halogens is 1. The highest BCUT2D eigenvalue weighted by molar-refractivity contribution is 9.10. The topological polar surface area (TPSA) is 68.9 Å². The van der Waals surface area contributed by atoms with Gasteiger partial charge in [-0.1, -0.05) is 15.9 Å². The van der Waals surface area contributed by atoms with Crippen LogP contribution in [0.2, 0.25) is 0 Å². The number of aromatic nitrogens is 2. The largest absolute Gasteiger partial charge is 0.478 e. The molecule has 108 valence electrons. The van der Waals surface area contributed by atoms with Gasteiger partial charge in [-0.05, 0) is 36.4 Å². The molecule has 0 aliphatic carbocycles. The summed E-state index contributed by atoms with van der Waals surface area (Å²) in [6, 6.07) is 11.2. The van der Waals surface area contributed by atoms with E-state index in [1.807, 2.05) is 24.5 Å². The molecule has 4 nitrogen and oxygen atoms in total. The number of hydrogen-bond donors (Lipinski definition) is 3. The van der Waals surface area contributed by atoms with Crippen LogP contribution in [0.5, 0.6) is 0 Å². The Morgan fingerprint density at radius 2 is 1.50 bits per heavy atom. The van der Waals surface area contributed by atoms with E-state index in [0.717, 1.165) is 37.4 Å². The van der Waals surface area contributed by atoms with Gasteiger partial charge in [-0.2, -0.15) is 0 Å². The monoisotopic (exact) mass is 354 g/mol. The normalized spacial score (nSPS) is 11.3. The molecule has 0 amide bonds. The molecule has 0 saturated carbocycles. The molecular formula is C17H11BrN2O2. The van der Waals surface area contributed by atoms with Gasteiger partial charge in [0.15, 0.2) is 0 Å². The summed E-state index contributed by atoms with van der Waals surface area (Å²) in [6.07, 6.45) is 3.87. The molecule has 0 bridgehead atoms. The number of benzene rings is 2. The number of aromatic amines is 2. The van der Waals surface area contributed by atoms with Crippen molar-refractivity contribution in [2.75, 3.05) is 0 Å². The molecule has 3 N–H and O–H groups in total. The predicted molar refractivity (Wildman–Crippen MR) is 90.3 cm³/mol. The molecule has 0 unspecified atom stereocenters. The molecule has 0 atom stereocenters. The molecular weight excluding hydrogens is 344 g/mol. The Morgan fingerprint density at radius 1 is 0.909 bits per heavy atom. The first kappa shape index (κ1) is 13.2. The van der Waals surface area contributed by atoms with E-state index >= 15 is 0 Å². The lowest BCUT2D eigenvalue weighted by Crippen LogP contribution is -1.94. The number of H-pyrrole nitrogens is 2. The minimum Gasteiger partial charge on any atom is -0.478 e. The number of carboxylic acid groups (broad SMARTS) is 1. The van der Waals surface area contributed by atoms with Crippen LogP contribution in [0.1, 0.15) is 10.4 Å². The molecule has 0 spiro atoms. The van der Waals surface area contributed by atoms with Gasteiger partial charge in [-0.25, -0.2) is 4.79 Å². The highest BCUT2D eigenvalue weighted by Crippen LogP contribution is 2.35. The second kappa shape index (κ2) is 4.74. The summed E-state index contributed by atoms with van der Waals surface area (Å²) < 4.78 is 1.01. The van der Waals surface area contributed by atoms with E-state index in [1.54, 1.807) is 18.2 Å². The number of nitrogens with one attached hydrogen (secondary N) is 2. The Labute approximate surface area is 133 Å². The van der Waals surface area contributed by atoms with E-state index in [-0.39, 0.29) is 5.56 Å². The molecule has 0 aliphatic heterocycles. The summed E-state index contributed by atoms with van der Waals surface area (Å²) in [4.78, 5) is 17.7. The first-order chi connectivity index (χ1) is 10.6. The van der Waals surface area contributed by atoms with Gasteiger partial charge in [0.1, 0.15) is 0 Å². The third-order valence-electron chi connectivity index (χ3n) is 3.86. The van der Waals surface area contributed by atoms with Gasteiger partial charge in [-0.3, -0.25) is 0 Å². The van der Waals surface area contributed by atoms with Crippen molar-refractivity contribution in [3.8, 4) is 11.1 Å². The van der Waals surface area contributed by atoms with Gasteiger partial charge in [-0.15, -0.1) is 0 Å². The van der Waals surface area contributed by atoms with E-state index in [4.69, 9.17) is 0 Å². The van der Waals surface area contributed by atoms with Crippen molar-refractivity contribution in [1.82, 2.24) is 9.97 Å². The molecule has 0 fully saturated rings. The zero-order valence-electron chi connectivity index (χ0n) is 11.4. The summed E-state index contributed by atoms with van der Waals surface area (Å²) in [5.41, 5.74) is 4.29. The standard InChI is InChI=1S/C17H11BrN2O2/c18-10-2-4-16-12(6-10)14(8-20-16)13-7-19-15-3-1-9(17(21)22)5-11(13)15/h1-8,19-20H,(H,21,22). The van der Waals surface area contributed by atoms with Crippen molar-refractivity contribution in [3.63, 3.8) is 0 Å². The van der Waals surface area contributed by atoms with Crippen LogP contribution in [0.3, 0.4) is 0 Å². The first-order valence-corrected chi connectivity index (χ1v) is 7.54. The highest BCUT2D eigenvalue weighted by Gasteiger charge is 2.13. The van der Waals surface area contributed by atoms with Gasteiger partial charge >= 0.3 is 5.97 Å². The number of rotatable bonds is 2. The zero-order chi connectivity index (χ0) is 15.3. The molecule has 5 heteroatoms. The number of hydrogen-bond acceptors (Lipinski definition) is 1. The van der Waals surface area contributed by atoms with E-state index in [2.05, 4.69) is 32.0 Å². The van der Waals surface area contributed by atoms with Crippen LogP contribution in [0.25, 0.3) is 32.9 Å². The SMILES string of the molecule is O=C(O)c1ccc2[nH]cc(-c3c[nH]c4ccc(Br)cc34)c2c1. The van der Waals surface area contributed by atoms with E-state index < -0.39 is 5.97 Å². The number of aromatic carboxylic acids is 1. The summed E-state index contributed by atoms with van der Waals surface area (Å²) in [5, 5.41) is 11.2. The average molecular weight is 355 g/mol. The lowest BCUT2D eigenvalue weighted by atomic mass is 10.0. The lowest BCUT2D eigenvalue weighted by molar-refractivity contribution is 0.0697. The van der Waals surface area contributed by atoms with Gasteiger partial charge < -0.3 is 15.1 Å². The maximum atomic E-state index is 11.2. The minimum atomic E-state index is -0.921. The summed E-state index contributed by atoms with van der Waals surface area (Å²) >= 11 is 3.50. The third-order valence-corrected chi connectivity index (χ3v) is 4.36. The van der Waals surface area contributed by atoms with Gasteiger partial charge in [0.25, 0.3) is 0 Å². The molecule has 4 rings (SSSR count). The predicted octanol–water partition coefficient (Wildman–Crippen LogP) is 4.78. The van der Waals surface area contributed by atoms with Crippen molar-refractivity contribution in [1.29, 1.82) is 0 Å². The Kier molecular flexibility index (Phi) is 2.84. The fourth-order valence-corrected chi connectivity index (χ4v) is 3.15. The zero-order valence-corrected chi connectivity index (χ0v) is 12.9. The van der Waals surface area contributed by atoms with Crippen LogP contribution in [-0.2, 0) is 0 Å². The van der Waals surface area contributed by atoms with Crippen LogP contribution in [-0.4, -0.2) is 21.0 Å². The van der Waals surface area contributed by atoms with Crippen LogP contribution in [0.4, 0.5) is 0 Å². The van der Waals surface area contributed by atoms with Crippen LogP contribution in [0, 0.1) is 0 Å². The molecule has 0 saturated heterocycles. The third kappa shape index (κ3) is 1.94. The summed E-state index contributed by atoms with van der Waals surface area (Å²) in [6.45, 7) is 0. The Morgan fingerprint density at radius 3 is 2.14 bits per heavy atom. The minimum absolute atomic E-state index is 0.286. The van der Waals surface area contributed by atoms with Crippen molar-refractivity contribution >= 4 is 43.7 Å². The van der Waals surface area contributed by atoms with E-state index in [0.29, 0.717) is 0 Å². The van der Waals surface area contributed by atoms with Gasteiger partial charge in [0.2, 0.25) is 0 Å². The number of fused-ring (bicyclic) bond motifs is 2. The lowest BCUT2D eigenvalue weighted by Gasteiger charge is -2.00. The molecule has 2 aromatic heterocycles. The second-order valence-electron chi connectivity index (χ2n) is 5.16. The fraction of sp³-hybridized carbons (Fsp3) is 0. The van der Waals surface area contributed by atoms with Crippen molar-refractivity contribution in [2.24, 2.45) is 0 Å². The Hall–Kier alpha value is -2.53. The second-order valence-corrected chi connectivity index (χ2v) is 6.08. The summed E-state index contributed by atoms with van der Waals surface area (Å²) in [5.74, 6) is -0.921. The number of carbonyl (C=O) groups is 1. The van der Waals surface area contributed by atoms with E-state index in [1.165, 1.54) is 0 Å². The van der Waals surface area contributed by atoms with Crippen LogP contribution >= 0.6 is 15.9 Å². The molecule has 4 aromatic rings. The fourth-order valence-electron chi connectivity index (χ4n) is 2.79. The summed E-state index contributed by atoms with van der Waals surface area (Å²) in [7, 11) is 0. The maximum absolute atomic E-state index is 11.2. The molecule has 0 aliphatic rings. The quantitative estimate of drug-likeness (QED) is 0.484. The van der Waals surface area contributed by atoms with Crippen molar-refractivity contribution in [3.05, 3.63) is 58.8 Å². The van der Waals surface area contributed by atoms with Gasteiger partial charge in [0.05, 0.1) is 5.56 Å². The Bertz CT molecular complexity index is 1030. The van der Waals surface area contributed by atoms with Crippen molar-refractivity contribution < 1.29 is 9.90 Å². The first-order valence-electron chi connectivity index (χ1n) is 6.75. The van der Waals surface area contributed by atoms with E-state index in [9.17, 15) is 9.90 Å². The smallest absolute Gasteiger partial charge is 0.335 e. The molecule has 2 aromatic carbocycles. The van der Waals surface area contributed by atoms with Gasteiger partial charge in [0, 0.05) is 49.8 Å². The highest BCUT2D eigenvalue weighted by atomic mass is 79.9. The average Bonchev–Trinajstić information content (AvgIpc) is 3.09.